The Labute approximate surface area is 106 Å². The molecule has 0 nitrogen and oxygen atoms in total. The molecule has 1 aromatic rings. The fourth-order valence-corrected chi connectivity index (χ4v) is 1.11. The number of hydrogen-bond acceptors (Lipinski definition) is 0. The zero-order valence-electron chi connectivity index (χ0n) is 11.1. The lowest BCUT2D eigenvalue weighted by Gasteiger charge is -1.89. The summed E-state index contributed by atoms with van der Waals surface area (Å²) in [5, 5.41) is 0. The quantitative estimate of drug-likeness (QED) is 0.600. The number of benzene rings is 1. The van der Waals surface area contributed by atoms with Crippen molar-refractivity contribution in [2.24, 2.45) is 0 Å². The zero-order valence-corrected chi connectivity index (χ0v) is 11.1. The highest BCUT2D eigenvalue weighted by Gasteiger charge is 1.79. The molecule has 0 atom stereocenters. The molecule has 0 unspecified atom stereocenters. The van der Waals surface area contributed by atoms with Crippen molar-refractivity contribution in [3.63, 3.8) is 0 Å². The Balaban J connectivity index is 0.000000246. The first-order valence-electron chi connectivity index (χ1n) is 6.31. The van der Waals surface area contributed by atoms with Crippen LogP contribution in [0.4, 0.5) is 0 Å². The maximum Gasteiger partial charge on any atom is -0.0163 e. The summed E-state index contributed by atoms with van der Waals surface area (Å²) in [6.07, 6.45) is 13.6. The van der Waals surface area contributed by atoms with Crippen LogP contribution in [0, 0.1) is 0 Å². The van der Waals surface area contributed by atoms with E-state index in [-0.39, 0.29) is 0 Å². The molecule has 0 radical (unpaired) electrons. The van der Waals surface area contributed by atoms with Crippen LogP contribution in [0.15, 0.2) is 67.3 Å². The summed E-state index contributed by atoms with van der Waals surface area (Å²) >= 11 is 0. The Morgan fingerprint density at radius 3 is 1.82 bits per heavy atom. The summed E-state index contributed by atoms with van der Waals surface area (Å²) in [7, 11) is 0. The molecule has 0 amide bonds. The molecule has 0 saturated heterocycles. The highest BCUT2D eigenvalue weighted by Crippen LogP contribution is 1.96. The second kappa shape index (κ2) is 12.5. The molecule has 0 heteroatoms. The van der Waals surface area contributed by atoms with Gasteiger partial charge in [-0.25, -0.2) is 0 Å². The van der Waals surface area contributed by atoms with Gasteiger partial charge >= 0.3 is 0 Å². The summed E-state index contributed by atoms with van der Waals surface area (Å²) in [6.45, 7) is 7.70. The highest BCUT2D eigenvalue weighted by molar-refractivity contribution is 5.13. The van der Waals surface area contributed by atoms with Crippen LogP contribution in [0.2, 0.25) is 0 Å². The van der Waals surface area contributed by atoms with E-state index in [4.69, 9.17) is 0 Å². The average molecular weight is 228 g/mol. The zero-order chi connectivity index (χ0) is 12.8. The third kappa shape index (κ3) is 10.7. The number of rotatable bonds is 2. The van der Waals surface area contributed by atoms with Crippen molar-refractivity contribution in [3.05, 3.63) is 72.9 Å². The minimum Gasteiger partial charge on any atom is -0.103 e. The average Bonchev–Trinajstić information content (AvgIpc) is 2.99. The van der Waals surface area contributed by atoms with Crippen molar-refractivity contribution in [2.45, 2.75) is 33.1 Å². The van der Waals surface area contributed by atoms with Gasteiger partial charge in [-0.1, -0.05) is 74.6 Å². The van der Waals surface area contributed by atoms with Gasteiger partial charge in [0.1, 0.15) is 0 Å². The Hall–Kier alpha value is -1.56. The first-order chi connectivity index (χ1) is 8.35. The lowest BCUT2D eigenvalue weighted by atomic mass is 10.2. The lowest BCUT2D eigenvalue weighted by molar-refractivity contribution is 1.14. The van der Waals surface area contributed by atoms with E-state index in [1.54, 1.807) is 0 Å². The third-order valence-electron chi connectivity index (χ3n) is 2.20. The molecule has 1 aliphatic rings. The van der Waals surface area contributed by atoms with Gasteiger partial charge in [-0.2, -0.15) is 0 Å². The fraction of sp³-hybridized carbons (Fsp3) is 0.294. The van der Waals surface area contributed by atoms with Gasteiger partial charge in [-0.15, -0.1) is 6.58 Å². The smallest absolute Gasteiger partial charge is 0.0163 e. The van der Waals surface area contributed by atoms with Gasteiger partial charge in [0, 0.05) is 0 Å². The van der Waals surface area contributed by atoms with Crippen molar-refractivity contribution < 1.29 is 0 Å². The van der Waals surface area contributed by atoms with Crippen LogP contribution in [0.25, 0.3) is 0 Å². The molecular weight excluding hydrogens is 204 g/mol. The van der Waals surface area contributed by atoms with Gasteiger partial charge < -0.3 is 0 Å². The lowest BCUT2D eigenvalue weighted by Crippen LogP contribution is -1.73. The molecule has 0 saturated carbocycles. The molecule has 1 aliphatic carbocycles. The second-order valence-electron chi connectivity index (χ2n) is 3.63. The highest BCUT2D eigenvalue weighted by atomic mass is 13.9. The predicted molar refractivity (Wildman–Crippen MR) is 79.2 cm³/mol. The van der Waals surface area contributed by atoms with Gasteiger partial charge in [0.15, 0.2) is 0 Å². The van der Waals surface area contributed by atoms with Crippen LogP contribution in [-0.2, 0) is 6.42 Å². The van der Waals surface area contributed by atoms with E-state index >= 15 is 0 Å². The van der Waals surface area contributed by atoms with Crippen LogP contribution in [0.1, 0.15) is 32.3 Å². The van der Waals surface area contributed by atoms with E-state index in [0.29, 0.717) is 0 Å². The van der Waals surface area contributed by atoms with Crippen molar-refractivity contribution in [1.82, 2.24) is 0 Å². The largest absolute Gasteiger partial charge is 0.103 e. The van der Waals surface area contributed by atoms with Gasteiger partial charge in [-0.05, 0) is 24.8 Å². The van der Waals surface area contributed by atoms with Gasteiger partial charge in [0.2, 0.25) is 0 Å². The van der Waals surface area contributed by atoms with Crippen molar-refractivity contribution in [2.75, 3.05) is 0 Å². The molecule has 0 N–H and O–H groups in total. The molecule has 0 bridgehead atoms. The van der Waals surface area contributed by atoms with E-state index < -0.39 is 0 Å². The number of allylic oxidation sites excluding steroid dienone is 5. The van der Waals surface area contributed by atoms with Crippen molar-refractivity contribution in [3.8, 4) is 0 Å². The van der Waals surface area contributed by atoms with E-state index in [2.05, 4.69) is 69.0 Å². The van der Waals surface area contributed by atoms with E-state index in [1.807, 2.05) is 12.1 Å². The summed E-state index contributed by atoms with van der Waals surface area (Å²) < 4.78 is 0. The van der Waals surface area contributed by atoms with Crippen LogP contribution in [0.5, 0.6) is 0 Å². The maximum absolute atomic E-state index is 3.48. The Morgan fingerprint density at radius 2 is 1.59 bits per heavy atom. The van der Waals surface area contributed by atoms with Gasteiger partial charge in [0.05, 0.1) is 0 Å². The molecule has 17 heavy (non-hydrogen) atoms. The molecule has 2 rings (SSSR count). The standard InChI is InChI=1S/C8H10.C5H6.C4H8/c1-2-8-6-4-3-5-7-8;1-2-4-5-3-1;1-3-4-2/h3-7H,2H2,1H3;1-4H,5H2;3H,1,4H2,2H3. The number of hydrogen-bond donors (Lipinski definition) is 0. The molecule has 1 aromatic carbocycles. The first kappa shape index (κ1) is 15.4. The Morgan fingerprint density at radius 1 is 1.06 bits per heavy atom. The predicted octanol–water partition coefficient (Wildman–Crippen LogP) is 5.33. The fourth-order valence-electron chi connectivity index (χ4n) is 1.11. The molecule has 0 aromatic heterocycles. The van der Waals surface area contributed by atoms with Gasteiger partial charge in [-0.3, -0.25) is 0 Å². The molecule has 0 spiro atoms. The molecule has 0 heterocycles. The Bertz CT molecular complexity index is 307. The normalized spacial score (nSPS) is 10.9. The van der Waals surface area contributed by atoms with Crippen LogP contribution >= 0.6 is 0 Å². The second-order valence-corrected chi connectivity index (χ2v) is 3.63. The summed E-state index contributed by atoms with van der Waals surface area (Å²) in [6, 6.07) is 10.5. The van der Waals surface area contributed by atoms with E-state index in [0.717, 1.165) is 19.3 Å². The van der Waals surface area contributed by atoms with Crippen LogP contribution < -0.4 is 0 Å². The topological polar surface area (TPSA) is 0 Å². The Kier molecular flexibility index (Phi) is 11.4. The SMILES string of the molecule is C1=CCC=C1.C=CCC.CCc1ccccc1. The summed E-state index contributed by atoms with van der Waals surface area (Å²) in [5.74, 6) is 0. The molecular formula is C17H24. The number of aryl methyl sites for hydroxylation is 1. The van der Waals surface area contributed by atoms with Gasteiger partial charge in [0.25, 0.3) is 0 Å². The first-order valence-corrected chi connectivity index (χ1v) is 6.31. The van der Waals surface area contributed by atoms with E-state index in [1.165, 1.54) is 5.56 Å². The molecule has 92 valence electrons. The molecule has 0 fully saturated rings. The van der Waals surface area contributed by atoms with Crippen LogP contribution in [0.3, 0.4) is 0 Å². The monoisotopic (exact) mass is 228 g/mol. The van der Waals surface area contributed by atoms with Crippen molar-refractivity contribution in [1.29, 1.82) is 0 Å². The summed E-state index contributed by atoms with van der Waals surface area (Å²) in [4.78, 5) is 0. The summed E-state index contributed by atoms with van der Waals surface area (Å²) in [5.41, 5.74) is 1.41. The van der Waals surface area contributed by atoms with Crippen LogP contribution in [-0.4, -0.2) is 0 Å². The third-order valence-corrected chi connectivity index (χ3v) is 2.20. The molecule has 0 aliphatic heterocycles. The minimum absolute atomic E-state index is 1.08. The van der Waals surface area contributed by atoms with E-state index in [9.17, 15) is 0 Å². The minimum atomic E-state index is 1.08. The maximum atomic E-state index is 3.48. The van der Waals surface area contributed by atoms with Crippen molar-refractivity contribution >= 4 is 0 Å².